The van der Waals surface area contributed by atoms with Crippen LogP contribution in [0.15, 0.2) is 0 Å². The van der Waals surface area contributed by atoms with E-state index in [9.17, 15) is 5.11 Å². The minimum absolute atomic E-state index is 0. The van der Waals surface area contributed by atoms with Crippen LogP contribution in [-0.2, 0) is 0 Å². The van der Waals surface area contributed by atoms with Crippen LogP contribution in [-0.4, -0.2) is 5.90 Å². The molecule has 2 nitrogen and oxygen atoms in total. The van der Waals surface area contributed by atoms with E-state index < -0.39 is 5.90 Å². The zero-order chi connectivity index (χ0) is 4.28. The lowest BCUT2D eigenvalue weighted by atomic mass is 10.5. The van der Waals surface area contributed by atoms with Gasteiger partial charge in [-0.05, 0) is 12.3 Å². The molecule has 0 spiro atoms. The molecule has 0 aromatic rings. The highest BCUT2D eigenvalue weighted by molar-refractivity contribution is 5.85. The second-order valence-corrected chi connectivity index (χ2v) is 0.777. The minimum Gasteiger partial charge on any atom is -0.862 e. The molecule has 0 saturated carbocycles. The molecule has 0 aliphatic heterocycles. The monoisotopic (exact) mass is 109 g/mol. The van der Waals surface area contributed by atoms with Gasteiger partial charge in [-0.2, -0.15) is 0 Å². The Labute approximate surface area is 44.6 Å². The highest BCUT2D eigenvalue weighted by Gasteiger charge is 1.60. The fraction of sp³-hybridized carbons (Fsp3) is 0.667. The van der Waals surface area contributed by atoms with Crippen LogP contribution in [0.3, 0.4) is 0 Å². The Balaban J connectivity index is -0.0000000800. The summed E-state index contributed by atoms with van der Waals surface area (Å²) in [4.78, 5) is 0. The van der Waals surface area contributed by atoms with Crippen LogP contribution >= 0.6 is 12.4 Å². The van der Waals surface area contributed by atoms with E-state index in [0.717, 1.165) is 0 Å². The molecule has 0 aliphatic carbocycles. The molecule has 0 unspecified atom stereocenters. The summed E-state index contributed by atoms with van der Waals surface area (Å²) < 4.78 is 0. The molecule has 6 heavy (non-hydrogen) atoms. The largest absolute Gasteiger partial charge is 1.00 e. The van der Waals surface area contributed by atoms with E-state index in [0.29, 0.717) is 6.42 Å². The summed E-state index contributed by atoms with van der Waals surface area (Å²) in [6.07, 6.45) is 0.333. The molecule has 0 atom stereocenters. The summed E-state index contributed by atoms with van der Waals surface area (Å²) in [6.45, 7) is 1.66. The van der Waals surface area contributed by atoms with Crippen LogP contribution in [0.25, 0.3) is 0 Å². The number of halogens is 1. The van der Waals surface area contributed by atoms with Gasteiger partial charge in [0, 0.05) is 0 Å². The first-order chi connectivity index (χ1) is 2.27. The summed E-state index contributed by atoms with van der Waals surface area (Å²) >= 11 is 0. The summed E-state index contributed by atoms with van der Waals surface area (Å²) in [6, 6.07) is 0. The van der Waals surface area contributed by atoms with Crippen LogP contribution in [0.5, 0.6) is 0 Å². The maximum absolute atomic E-state index is 9.48. The summed E-state index contributed by atoms with van der Waals surface area (Å²) in [5.41, 5.74) is 0. The molecule has 0 fully saturated rings. The Morgan fingerprint density at radius 1 is 2.00 bits per heavy atom. The van der Waals surface area contributed by atoms with Gasteiger partial charge in [-0.3, -0.25) is 0 Å². The Morgan fingerprint density at radius 2 is 2.17 bits per heavy atom. The molecular formula is C3H8ClNO. The van der Waals surface area contributed by atoms with E-state index in [4.69, 9.17) is 5.41 Å². The molecule has 38 valence electrons. The lowest BCUT2D eigenvalue weighted by molar-refractivity contribution is -0.220. The van der Waals surface area contributed by atoms with Gasteiger partial charge < -0.3 is 10.5 Å². The molecule has 0 amide bonds. The normalized spacial score (nSPS) is 6.17. The zero-order valence-electron chi connectivity index (χ0n) is 4.52. The van der Waals surface area contributed by atoms with Gasteiger partial charge in [-0.15, -0.1) is 12.4 Å². The molecule has 0 bridgehead atoms. The average molecular weight is 110 g/mol. The molecular weight excluding hydrogens is 101 g/mol. The molecule has 0 aliphatic rings. The van der Waals surface area contributed by atoms with Gasteiger partial charge in [0.05, 0.1) is 0 Å². The van der Waals surface area contributed by atoms with Gasteiger partial charge in [0.2, 0.25) is 0 Å². The number of rotatable bonds is 1. The van der Waals surface area contributed by atoms with Crippen molar-refractivity contribution in [2.24, 2.45) is 0 Å². The van der Waals surface area contributed by atoms with Crippen molar-refractivity contribution in [1.82, 2.24) is 0 Å². The van der Waals surface area contributed by atoms with Crippen LogP contribution in [0.2, 0.25) is 0 Å². The summed E-state index contributed by atoms with van der Waals surface area (Å²) in [7, 11) is 0. The highest BCUT2D eigenvalue weighted by atomic mass is 35.5. The Bertz CT molecular complexity index is 50.2. The molecule has 0 heterocycles. The van der Waals surface area contributed by atoms with E-state index in [1.165, 1.54) is 0 Å². The second kappa shape index (κ2) is 4.76. The van der Waals surface area contributed by atoms with Crippen molar-refractivity contribution in [2.75, 3.05) is 0 Å². The third-order valence-corrected chi connectivity index (χ3v) is 0.321. The van der Waals surface area contributed by atoms with E-state index in [1.54, 1.807) is 6.92 Å². The Hall–Kier alpha value is -0.240. The van der Waals surface area contributed by atoms with Gasteiger partial charge >= 0.3 is 1.43 Å². The number of nitrogens with one attached hydrogen (secondary N) is 1. The first-order valence-electron chi connectivity index (χ1n) is 1.51. The fourth-order valence-corrected chi connectivity index (χ4v) is 0. The Morgan fingerprint density at radius 3 is 2.17 bits per heavy atom. The predicted octanol–water partition coefficient (Wildman–Crippen LogP) is 0.268. The molecule has 0 saturated heterocycles. The van der Waals surface area contributed by atoms with Crippen LogP contribution < -0.4 is 5.11 Å². The van der Waals surface area contributed by atoms with Gasteiger partial charge in [-0.1, -0.05) is 6.92 Å². The zero-order valence-corrected chi connectivity index (χ0v) is 4.34. The number of hydrogen-bond acceptors (Lipinski definition) is 2. The number of hydrogen-bond donors (Lipinski definition) is 1. The van der Waals surface area contributed by atoms with Crippen molar-refractivity contribution in [3.63, 3.8) is 0 Å². The van der Waals surface area contributed by atoms with Crippen molar-refractivity contribution in [3.8, 4) is 0 Å². The van der Waals surface area contributed by atoms with Crippen molar-refractivity contribution in [1.29, 1.82) is 5.41 Å². The summed E-state index contributed by atoms with van der Waals surface area (Å²) in [5, 5.41) is 15.7. The van der Waals surface area contributed by atoms with Crippen molar-refractivity contribution in [3.05, 3.63) is 0 Å². The third kappa shape index (κ3) is 9.25. The van der Waals surface area contributed by atoms with Gasteiger partial charge in [0.15, 0.2) is 0 Å². The molecule has 0 rings (SSSR count). The van der Waals surface area contributed by atoms with Crippen molar-refractivity contribution in [2.45, 2.75) is 13.3 Å². The smallest absolute Gasteiger partial charge is 0.862 e. The fourth-order valence-electron chi connectivity index (χ4n) is 0. The van der Waals surface area contributed by atoms with Gasteiger partial charge in [0.25, 0.3) is 0 Å². The first kappa shape index (κ1) is 9.23. The van der Waals surface area contributed by atoms with Crippen molar-refractivity contribution < 1.29 is 6.53 Å². The van der Waals surface area contributed by atoms with Gasteiger partial charge in [0.1, 0.15) is 0 Å². The van der Waals surface area contributed by atoms with E-state index in [2.05, 4.69) is 0 Å². The molecule has 0 radical (unpaired) electrons. The predicted molar refractivity (Wildman–Crippen MR) is 26.4 cm³/mol. The lowest BCUT2D eigenvalue weighted by Gasteiger charge is -1.96. The van der Waals surface area contributed by atoms with E-state index in [-0.39, 0.29) is 13.8 Å². The van der Waals surface area contributed by atoms with Crippen LogP contribution in [0.1, 0.15) is 14.8 Å². The molecule has 1 N–H and O–H groups in total. The Kier molecular flexibility index (Phi) is 7.32. The van der Waals surface area contributed by atoms with Crippen LogP contribution in [0.4, 0.5) is 0 Å². The lowest BCUT2D eigenvalue weighted by Crippen LogP contribution is -2.12. The SMILES string of the molecule is CCC(=N)[O-].Cl.[H+]. The average Bonchev–Trinajstić information content (AvgIpc) is 1.38. The minimum atomic E-state index is -0.495. The maximum Gasteiger partial charge on any atom is 1.00 e. The quantitative estimate of drug-likeness (QED) is 0.381. The van der Waals surface area contributed by atoms with Crippen molar-refractivity contribution >= 4 is 18.3 Å². The summed E-state index contributed by atoms with van der Waals surface area (Å²) in [5.74, 6) is -0.495. The maximum atomic E-state index is 9.48. The van der Waals surface area contributed by atoms with Crippen LogP contribution in [0, 0.1) is 5.41 Å². The van der Waals surface area contributed by atoms with E-state index in [1.807, 2.05) is 0 Å². The standard InChI is InChI=1S/C3H7NO.ClH/c1-2-3(4)5;/h2H2,1H3,(H2,4,5);1H. The second-order valence-electron chi connectivity index (χ2n) is 0.777. The topological polar surface area (TPSA) is 46.9 Å². The molecule has 3 heteroatoms. The first-order valence-corrected chi connectivity index (χ1v) is 1.51. The third-order valence-electron chi connectivity index (χ3n) is 0.321. The van der Waals surface area contributed by atoms with Gasteiger partial charge in [-0.25, -0.2) is 0 Å². The molecule has 0 aromatic heterocycles. The highest BCUT2D eigenvalue weighted by Crippen LogP contribution is 1.63. The van der Waals surface area contributed by atoms with E-state index >= 15 is 0 Å². The molecule has 0 aromatic carbocycles.